The first-order valence-corrected chi connectivity index (χ1v) is 7.65. The fraction of sp³-hybridized carbons (Fsp3) is 0.375. The van der Waals surface area contributed by atoms with Crippen molar-refractivity contribution in [3.63, 3.8) is 0 Å². The Hall–Kier alpha value is -1.72. The van der Waals surface area contributed by atoms with Crippen LogP contribution < -0.4 is 10.6 Å². The highest BCUT2D eigenvalue weighted by molar-refractivity contribution is 7.80. The summed E-state index contributed by atoms with van der Waals surface area (Å²) in [7, 11) is 0. The van der Waals surface area contributed by atoms with Crippen LogP contribution >= 0.6 is 12.2 Å². The normalized spacial score (nSPS) is 16.3. The van der Waals surface area contributed by atoms with Gasteiger partial charge in [0, 0.05) is 30.6 Å². The van der Waals surface area contributed by atoms with Gasteiger partial charge in [0.15, 0.2) is 0 Å². The minimum Gasteiger partial charge on any atom is -0.396 e. The number of nitrogens with zero attached hydrogens (tertiary/aromatic N) is 2. The Labute approximate surface area is 129 Å². The summed E-state index contributed by atoms with van der Waals surface area (Å²) in [4.78, 5) is 7.39. The van der Waals surface area contributed by atoms with Gasteiger partial charge in [-0.05, 0) is 30.9 Å². The molecule has 110 valence electrons. The van der Waals surface area contributed by atoms with Gasteiger partial charge in [-0.25, -0.2) is 4.98 Å². The third-order valence-corrected chi connectivity index (χ3v) is 4.38. The van der Waals surface area contributed by atoms with Gasteiger partial charge in [0.05, 0.1) is 5.52 Å². The summed E-state index contributed by atoms with van der Waals surface area (Å²) in [5, 5.41) is 10.2. The molecule has 0 atom stereocenters. The summed E-state index contributed by atoms with van der Waals surface area (Å²) in [5.41, 5.74) is 7.68. The number of anilines is 1. The second-order valence-electron chi connectivity index (χ2n) is 5.52. The third kappa shape index (κ3) is 2.84. The smallest absolute Gasteiger partial charge is 0.129 e. The van der Waals surface area contributed by atoms with Crippen LogP contribution in [0.3, 0.4) is 0 Å². The molecule has 1 aliphatic heterocycles. The standard InChI is InChI=1S/C16H19N3OS/c17-16(21)13-9-15(18-14-4-2-1-3-12(13)14)19-7-5-11(10-20)6-8-19/h1-4,9,11,20H,5-8,10H2,(H2,17,21). The van der Waals surface area contributed by atoms with Gasteiger partial charge in [-0.1, -0.05) is 30.4 Å². The average Bonchev–Trinajstić information content (AvgIpc) is 2.53. The van der Waals surface area contributed by atoms with Crippen LogP contribution in [0.2, 0.25) is 0 Å². The molecule has 0 saturated carbocycles. The van der Waals surface area contributed by atoms with Crippen LogP contribution in [0.1, 0.15) is 18.4 Å². The molecule has 1 aliphatic rings. The van der Waals surface area contributed by atoms with Crippen molar-refractivity contribution in [3.05, 3.63) is 35.9 Å². The zero-order chi connectivity index (χ0) is 14.8. The van der Waals surface area contributed by atoms with Crippen molar-refractivity contribution in [2.75, 3.05) is 24.6 Å². The zero-order valence-corrected chi connectivity index (χ0v) is 12.6. The zero-order valence-electron chi connectivity index (χ0n) is 11.8. The van der Waals surface area contributed by atoms with Crippen LogP contribution in [0.15, 0.2) is 30.3 Å². The fourth-order valence-corrected chi connectivity index (χ4v) is 3.04. The number of benzene rings is 1. The van der Waals surface area contributed by atoms with Gasteiger partial charge in [0.25, 0.3) is 0 Å². The van der Waals surface area contributed by atoms with E-state index < -0.39 is 0 Å². The Balaban J connectivity index is 1.98. The topological polar surface area (TPSA) is 62.4 Å². The molecule has 21 heavy (non-hydrogen) atoms. The van der Waals surface area contributed by atoms with E-state index in [4.69, 9.17) is 22.9 Å². The number of aliphatic hydroxyl groups is 1. The van der Waals surface area contributed by atoms with Crippen LogP contribution in [0, 0.1) is 5.92 Å². The van der Waals surface area contributed by atoms with Gasteiger partial charge in [0.1, 0.15) is 10.8 Å². The van der Waals surface area contributed by atoms with Gasteiger partial charge in [0.2, 0.25) is 0 Å². The van der Waals surface area contributed by atoms with E-state index in [0.717, 1.165) is 48.2 Å². The molecule has 5 heteroatoms. The number of aliphatic hydroxyl groups excluding tert-OH is 1. The minimum atomic E-state index is 0.275. The maximum Gasteiger partial charge on any atom is 0.129 e. The van der Waals surface area contributed by atoms with E-state index >= 15 is 0 Å². The lowest BCUT2D eigenvalue weighted by Crippen LogP contribution is -2.35. The molecule has 0 unspecified atom stereocenters. The quantitative estimate of drug-likeness (QED) is 0.850. The minimum absolute atomic E-state index is 0.275. The molecule has 0 bridgehead atoms. The molecule has 2 heterocycles. The number of fused-ring (bicyclic) bond motifs is 1. The van der Waals surface area contributed by atoms with E-state index in [1.807, 2.05) is 30.3 Å². The number of hydrogen-bond acceptors (Lipinski definition) is 4. The second-order valence-corrected chi connectivity index (χ2v) is 5.96. The van der Waals surface area contributed by atoms with Crippen LogP contribution in [-0.4, -0.2) is 34.8 Å². The molecule has 4 nitrogen and oxygen atoms in total. The number of rotatable bonds is 3. The van der Waals surface area contributed by atoms with Crippen LogP contribution in [-0.2, 0) is 0 Å². The van der Waals surface area contributed by atoms with Crippen LogP contribution in [0.5, 0.6) is 0 Å². The van der Waals surface area contributed by atoms with Crippen molar-refractivity contribution >= 4 is 33.9 Å². The lowest BCUT2D eigenvalue weighted by atomic mass is 9.98. The molecular weight excluding hydrogens is 282 g/mol. The van der Waals surface area contributed by atoms with E-state index in [1.165, 1.54) is 0 Å². The summed E-state index contributed by atoms with van der Waals surface area (Å²) < 4.78 is 0. The maximum absolute atomic E-state index is 9.24. The molecule has 0 radical (unpaired) electrons. The highest BCUT2D eigenvalue weighted by Crippen LogP contribution is 2.26. The van der Waals surface area contributed by atoms with Crippen molar-refractivity contribution in [2.45, 2.75) is 12.8 Å². The predicted molar refractivity (Wildman–Crippen MR) is 89.7 cm³/mol. The predicted octanol–water partition coefficient (Wildman–Crippen LogP) is 2.08. The van der Waals surface area contributed by atoms with Gasteiger partial charge < -0.3 is 15.7 Å². The molecule has 0 aliphatic carbocycles. The van der Waals surface area contributed by atoms with Crippen LogP contribution in [0.4, 0.5) is 5.82 Å². The summed E-state index contributed by atoms with van der Waals surface area (Å²) in [5.74, 6) is 1.34. The van der Waals surface area contributed by atoms with Crippen molar-refractivity contribution in [2.24, 2.45) is 11.7 Å². The lowest BCUT2D eigenvalue weighted by Gasteiger charge is -2.32. The molecule has 0 spiro atoms. The Morgan fingerprint density at radius 3 is 2.71 bits per heavy atom. The molecule has 3 rings (SSSR count). The first-order chi connectivity index (χ1) is 10.2. The van der Waals surface area contributed by atoms with E-state index in [9.17, 15) is 5.11 Å². The van der Waals surface area contributed by atoms with Crippen molar-refractivity contribution in [1.82, 2.24) is 4.98 Å². The van der Waals surface area contributed by atoms with Gasteiger partial charge in [-0.2, -0.15) is 0 Å². The van der Waals surface area contributed by atoms with E-state index in [2.05, 4.69) is 4.90 Å². The third-order valence-electron chi connectivity index (χ3n) is 4.16. The van der Waals surface area contributed by atoms with Crippen molar-refractivity contribution < 1.29 is 5.11 Å². The molecule has 1 aromatic carbocycles. The summed E-state index contributed by atoms with van der Waals surface area (Å²) in [6.07, 6.45) is 1.99. The van der Waals surface area contributed by atoms with Gasteiger partial charge in [-0.15, -0.1) is 0 Å². The highest BCUT2D eigenvalue weighted by atomic mass is 32.1. The number of para-hydroxylation sites is 1. The molecular formula is C16H19N3OS. The summed E-state index contributed by atoms with van der Waals surface area (Å²) in [6.45, 7) is 2.10. The molecule has 1 saturated heterocycles. The lowest BCUT2D eigenvalue weighted by molar-refractivity contribution is 0.203. The number of pyridine rings is 1. The Morgan fingerprint density at radius 1 is 1.33 bits per heavy atom. The van der Waals surface area contributed by atoms with E-state index in [0.29, 0.717) is 10.9 Å². The van der Waals surface area contributed by atoms with E-state index in [1.54, 1.807) is 0 Å². The molecule has 3 N–H and O–H groups in total. The Morgan fingerprint density at radius 2 is 2.05 bits per heavy atom. The number of thiocarbonyl (C=S) groups is 1. The number of piperidine rings is 1. The van der Waals surface area contributed by atoms with Crippen molar-refractivity contribution in [3.8, 4) is 0 Å². The largest absolute Gasteiger partial charge is 0.396 e. The second kappa shape index (κ2) is 5.95. The Bertz CT molecular complexity index is 666. The highest BCUT2D eigenvalue weighted by Gasteiger charge is 2.20. The first-order valence-electron chi connectivity index (χ1n) is 7.24. The first kappa shape index (κ1) is 14.2. The summed E-state index contributed by atoms with van der Waals surface area (Å²) in [6, 6.07) is 9.92. The van der Waals surface area contributed by atoms with Gasteiger partial charge in [-0.3, -0.25) is 0 Å². The monoisotopic (exact) mass is 301 g/mol. The maximum atomic E-state index is 9.24. The molecule has 1 aromatic heterocycles. The fourth-order valence-electron chi connectivity index (χ4n) is 2.87. The number of aromatic nitrogens is 1. The molecule has 1 fully saturated rings. The average molecular weight is 301 g/mol. The Kier molecular flexibility index (Phi) is 4.03. The van der Waals surface area contributed by atoms with Crippen molar-refractivity contribution in [1.29, 1.82) is 0 Å². The molecule has 0 amide bonds. The van der Waals surface area contributed by atoms with E-state index in [-0.39, 0.29) is 6.61 Å². The van der Waals surface area contributed by atoms with Gasteiger partial charge >= 0.3 is 0 Å². The SMILES string of the molecule is NC(=S)c1cc(N2CCC(CO)CC2)nc2ccccc12. The number of nitrogens with two attached hydrogens (primary N) is 1. The molecule has 2 aromatic rings. The van der Waals surface area contributed by atoms with Crippen LogP contribution in [0.25, 0.3) is 10.9 Å². The number of hydrogen-bond donors (Lipinski definition) is 2. The summed E-state index contributed by atoms with van der Waals surface area (Å²) >= 11 is 5.19.